The maximum atomic E-state index is 12.6. The molecule has 7 heteroatoms. The van der Waals surface area contributed by atoms with Gasteiger partial charge in [0.1, 0.15) is 0 Å². The zero-order valence-corrected chi connectivity index (χ0v) is 13.0. The highest BCUT2D eigenvalue weighted by Gasteiger charge is 2.30. The highest BCUT2D eigenvalue weighted by molar-refractivity contribution is 7.89. The Balaban J connectivity index is 2.05. The first kappa shape index (κ1) is 15.8. The lowest BCUT2D eigenvalue weighted by Gasteiger charge is -2.31. The Morgan fingerprint density at radius 3 is 2.48 bits per heavy atom. The molecule has 1 amide bonds. The molecule has 1 N–H and O–H groups in total. The van der Waals surface area contributed by atoms with Crippen LogP contribution in [0.3, 0.4) is 0 Å². The van der Waals surface area contributed by atoms with Crippen LogP contribution in [0.1, 0.15) is 18.4 Å². The molecule has 2 rings (SSSR count). The molecule has 0 spiro atoms. The smallest absolute Gasteiger partial charge is 0.407 e. The van der Waals surface area contributed by atoms with E-state index in [4.69, 9.17) is 0 Å². The Kier molecular flexibility index (Phi) is 4.84. The fourth-order valence-electron chi connectivity index (χ4n) is 2.45. The maximum absolute atomic E-state index is 12.6. The number of ether oxygens (including phenoxy) is 1. The van der Waals surface area contributed by atoms with Gasteiger partial charge in [-0.1, -0.05) is 18.2 Å². The fourth-order valence-corrected chi connectivity index (χ4v) is 4.15. The van der Waals surface area contributed by atoms with Crippen LogP contribution in [-0.4, -0.2) is 45.1 Å². The Bertz CT molecular complexity index is 607. The van der Waals surface area contributed by atoms with E-state index in [0.717, 1.165) is 5.56 Å². The topological polar surface area (TPSA) is 75.7 Å². The van der Waals surface area contributed by atoms with Crippen molar-refractivity contribution in [1.82, 2.24) is 9.62 Å². The van der Waals surface area contributed by atoms with Crippen molar-refractivity contribution < 1.29 is 17.9 Å². The number of nitrogens with zero attached hydrogens (tertiary/aromatic N) is 1. The van der Waals surface area contributed by atoms with Crippen LogP contribution in [0, 0.1) is 6.92 Å². The molecule has 0 aliphatic carbocycles. The Morgan fingerprint density at radius 2 is 1.90 bits per heavy atom. The van der Waals surface area contributed by atoms with Crippen molar-refractivity contribution in [3.63, 3.8) is 0 Å². The molecule has 0 saturated carbocycles. The third-order valence-electron chi connectivity index (χ3n) is 3.67. The van der Waals surface area contributed by atoms with Crippen LogP contribution in [0.4, 0.5) is 4.79 Å². The fraction of sp³-hybridized carbons (Fsp3) is 0.500. The monoisotopic (exact) mass is 312 g/mol. The Labute approximate surface area is 125 Å². The molecular formula is C14H20N2O4S. The van der Waals surface area contributed by atoms with Crippen molar-refractivity contribution in [2.75, 3.05) is 20.2 Å². The molecular weight excluding hydrogens is 292 g/mol. The van der Waals surface area contributed by atoms with Crippen molar-refractivity contribution in [2.24, 2.45) is 0 Å². The highest BCUT2D eigenvalue weighted by atomic mass is 32.2. The minimum atomic E-state index is -3.46. The summed E-state index contributed by atoms with van der Waals surface area (Å²) < 4.78 is 31.2. The van der Waals surface area contributed by atoms with E-state index in [0.29, 0.717) is 30.8 Å². The zero-order valence-electron chi connectivity index (χ0n) is 12.2. The van der Waals surface area contributed by atoms with Gasteiger partial charge in [0.2, 0.25) is 10.0 Å². The van der Waals surface area contributed by atoms with Crippen LogP contribution in [0.5, 0.6) is 0 Å². The largest absolute Gasteiger partial charge is 0.453 e. The lowest BCUT2D eigenvalue weighted by atomic mass is 10.1. The number of methoxy groups -OCH3 is 1. The summed E-state index contributed by atoms with van der Waals surface area (Å²) in [7, 11) is -2.15. The average Bonchev–Trinajstić information content (AvgIpc) is 2.48. The number of nitrogens with one attached hydrogen (secondary N) is 1. The van der Waals surface area contributed by atoms with Crippen LogP contribution < -0.4 is 5.32 Å². The molecule has 21 heavy (non-hydrogen) atoms. The number of carbonyl (C=O) groups is 1. The number of amides is 1. The van der Waals surface area contributed by atoms with Crippen LogP contribution in [0.15, 0.2) is 29.2 Å². The van der Waals surface area contributed by atoms with Gasteiger partial charge in [-0.15, -0.1) is 0 Å². The summed E-state index contributed by atoms with van der Waals surface area (Å²) in [5.41, 5.74) is 0.743. The molecule has 116 valence electrons. The van der Waals surface area contributed by atoms with Gasteiger partial charge in [-0.05, 0) is 31.4 Å². The van der Waals surface area contributed by atoms with Gasteiger partial charge in [0.25, 0.3) is 0 Å². The molecule has 0 aromatic heterocycles. The van der Waals surface area contributed by atoms with E-state index in [1.807, 2.05) is 6.07 Å². The number of hydrogen-bond donors (Lipinski definition) is 1. The van der Waals surface area contributed by atoms with Crippen molar-refractivity contribution in [1.29, 1.82) is 0 Å². The molecule has 1 fully saturated rings. The standard InChI is InChI=1S/C14H20N2O4S/c1-11-5-3-4-6-13(11)21(18,19)16-9-7-12(8-10-16)15-14(17)20-2/h3-6,12H,7-10H2,1-2H3,(H,15,17). The van der Waals surface area contributed by atoms with Gasteiger partial charge in [0.05, 0.1) is 12.0 Å². The second-order valence-electron chi connectivity index (χ2n) is 5.08. The number of piperidine rings is 1. The summed E-state index contributed by atoms with van der Waals surface area (Å²) in [5, 5.41) is 2.71. The number of hydrogen-bond acceptors (Lipinski definition) is 4. The normalized spacial score (nSPS) is 17.4. The van der Waals surface area contributed by atoms with Gasteiger partial charge < -0.3 is 10.1 Å². The van der Waals surface area contributed by atoms with E-state index in [1.165, 1.54) is 11.4 Å². The zero-order chi connectivity index (χ0) is 15.5. The molecule has 1 aliphatic rings. The molecule has 1 aromatic carbocycles. The van der Waals surface area contributed by atoms with E-state index in [9.17, 15) is 13.2 Å². The van der Waals surface area contributed by atoms with Gasteiger partial charge in [-0.2, -0.15) is 4.31 Å². The summed E-state index contributed by atoms with van der Waals surface area (Å²) in [4.78, 5) is 11.5. The SMILES string of the molecule is COC(=O)NC1CCN(S(=O)(=O)c2ccccc2C)CC1. The number of alkyl carbamates (subject to hydrolysis) is 1. The van der Waals surface area contributed by atoms with E-state index in [2.05, 4.69) is 10.1 Å². The Morgan fingerprint density at radius 1 is 1.29 bits per heavy atom. The second kappa shape index (κ2) is 6.44. The molecule has 0 atom stereocenters. The number of aryl methyl sites for hydroxylation is 1. The first-order chi connectivity index (χ1) is 9.95. The van der Waals surface area contributed by atoms with E-state index >= 15 is 0 Å². The molecule has 1 saturated heterocycles. The van der Waals surface area contributed by atoms with Crippen molar-refractivity contribution in [3.8, 4) is 0 Å². The first-order valence-corrected chi connectivity index (χ1v) is 8.29. The molecule has 1 aliphatic heterocycles. The van der Waals surface area contributed by atoms with Gasteiger partial charge in [-0.3, -0.25) is 0 Å². The van der Waals surface area contributed by atoms with Crippen molar-refractivity contribution in [3.05, 3.63) is 29.8 Å². The summed E-state index contributed by atoms with van der Waals surface area (Å²) in [6, 6.07) is 6.93. The second-order valence-corrected chi connectivity index (χ2v) is 6.99. The molecule has 1 aromatic rings. The number of rotatable bonds is 3. The predicted molar refractivity (Wildman–Crippen MR) is 78.5 cm³/mol. The molecule has 6 nitrogen and oxygen atoms in total. The van der Waals surface area contributed by atoms with Crippen molar-refractivity contribution >= 4 is 16.1 Å². The highest BCUT2D eigenvalue weighted by Crippen LogP contribution is 2.23. The average molecular weight is 312 g/mol. The van der Waals surface area contributed by atoms with Gasteiger partial charge in [0, 0.05) is 19.1 Å². The molecule has 0 radical (unpaired) electrons. The summed E-state index contributed by atoms with van der Waals surface area (Å²) >= 11 is 0. The third-order valence-corrected chi connectivity index (χ3v) is 5.73. The predicted octanol–water partition coefficient (Wildman–Crippen LogP) is 1.50. The summed E-state index contributed by atoms with van der Waals surface area (Å²) in [5.74, 6) is 0. The number of carbonyl (C=O) groups excluding carboxylic acids is 1. The van der Waals surface area contributed by atoms with Gasteiger partial charge in [0.15, 0.2) is 0 Å². The summed E-state index contributed by atoms with van der Waals surface area (Å²) in [6.07, 6.45) is 0.690. The maximum Gasteiger partial charge on any atom is 0.407 e. The lowest BCUT2D eigenvalue weighted by molar-refractivity contribution is 0.161. The third kappa shape index (κ3) is 3.54. The van der Waals surface area contributed by atoms with Crippen LogP contribution >= 0.6 is 0 Å². The Hall–Kier alpha value is -1.60. The lowest BCUT2D eigenvalue weighted by Crippen LogP contribution is -2.46. The van der Waals surface area contributed by atoms with Gasteiger partial charge in [-0.25, -0.2) is 13.2 Å². The van der Waals surface area contributed by atoms with Crippen LogP contribution in [0.2, 0.25) is 0 Å². The molecule has 0 bridgehead atoms. The van der Waals surface area contributed by atoms with Crippen LogP contribution in [0.25, 0.3) is 0 Å². The summed E-state index contributed by atoms with van der Waals surface area (Å²) in [6.45, 7) is 2.58. The quantitative estimate of drug-likeness (QED) is 0.918. The van der Waals surface area contributed by atoms with E-state index in [1.54, 1.807) is 25.1 Å². The molecule has 0 unspecified atom stereocenters. The molecule has 1 heterocycles. The first-order valence-electron chi connectivity index (χ1n) is 6.85. The minimum absolute atomic E-state index is 0.0410. The number of benzene rings is 1. The van der Waals surface area contributed by atoms with Crippen LogP contribution in [-0.2, 0) is 14.8 Å². The van der Waals surface area contributed by atoms with Gasteiger partial charge >= 0.3 is 6.09 Å². The van der Waals surface area contributed by atoms with E-state index in [-0.39, 0.29) is 6.04 Å². The minimum Gasteiger partial charge on any atom is -0.453 e. The number of sulfonamides is 1. The van der Waals surface area contributed by atoms with E-state index < -0.39 is 16.1 Å². The van der Waals surface area contributed by atoms with Crippen molar-refractivity contribution in [2.45, 2.75) is 30.7 Å².